The van der Waals surface area contributed by atoms with Gasteiger partial charge in [0.25, 0.3) is 0 Å². The molecule has 0 bridgehead atoms. The Bertz CT molecular complexity index is 690. The lowest BCUT2D eigenvalue weighted by molar-refractivity contribution is -0.293. The SMILES string of the molecule is CC(C)(C)Oc1cccc(-n2nnnc2C(F)(F)C(F)(F)F)c1. The topological polar surface area (TPSA) is 52.8 Å². The number of alkyl halides is 5. The largest absolute Gasteiger partial charge is 0.488 e. The van der Waals surface area contributed by atoms with Crippen LogP contribution in [-0.4, -0.2) is 32.0 Å². The van der Waals surface area contributed by atoms with Crippen LogP contribution in [0.25, 0.3) is 5.69 Å². The van der Waals surface area contributed by atoms with Crippen molar-refractivity contribution in [3.63, 3.8) is 0 Å². The molecule has 23 heavy (non-hydrogen) atoms. The molecular weight excluding hydrogens is 323 g/mol. The van der Waals surface area contributed by atoms with Crippen molar-refractivity contribution in [3.05, 3.63) is 30.1 Å². The summed E-state index contributed by atoms with van der Waals surface area (Å²) in [6.45, 7) is 5.29. The predicted octanol–water partition coefficient (Wildman–Crippen LogP) is 3.49. The fraction of sp³-hybridized carbons (Fsp3) is 0.462. The Hall–Kier alpha value is -2.26. The Kier molecular flexibility index (Phi) is 4.03. The van der Waals surface area contributed by atoms with Gasteiger partial charge in [-0.1, -0.05) is 6.07 Å². The number of halogens is 5. The van der Waals surface area contributed by atoms with Gasteiger partial charge in [-0.3, -0.25) is 0 Å². The molecule has 0 unspecified atom stereocenters. The van der Waals surface area contributed by atoms with Gasteiger partial charge < -0.3 is 4.74 Å². The third kappa shape index (κ3) is 3.57. The van der Waals surface area contributed by atoms with Gasteiger partial charge in [0, 0.05) is 6.07 Å². The van der Waals surface area contributed by atoms with Crippen LogP contribution in [0.1, 0.15) is 26.6 Å². The molecule has 0 fully saturated rings. The third-order valence-electron chi connectivity index (χ3n) is 2.59. The number of aromatic nitrogens is 4. The molecule has 0 saturated heterocycles. The number of nitrogens with zero attached hydrogens (tertiary/aromatic N) is 4. The maximum absolute atomic E-state index is 13.5. The van der Waals surface area contributed by atoms with Crippen LogP contribution in [0.3, 0.4) is 0 Å². The van der Waals surface area contributed by atoms with Gasteiger partial charge in [0.05, 0.1) is 5.69 Å². The van der Waals surface area contributed by atoms with Gasteiger partial charge in [0.2, 0.25) is 5.82 Å². The van der Waals surface area contributed by atoms with Crippen molar-refractivity contribution in [2.45, 2.75) is 38.5 Å². The Labute approximate surface area is 128 Å². The number of ether oxygens (including phenoxy) is 1. The molecular formula is C13H13F5N4O. The van der Waals surface area contributed by atoms with Crippen molar-refractivity contribution in [2.24, 2.45) is 0 Å². The summed E-state index contributed by atoms with van der Waals surface area (Å²) in [4.78, 5) is 0. The van der Waals surface area contributed by atoms with E-state index in [-0.39, 0.29) is 11.4 Å². The van der Waals surface area contributed by atoms with E-state index in [9.17, 15) is 22.0 Å². The number of benzene rings is 1. The van der Waals surface area contributed by atoms with Crippen LogP contribution in [0.5, 0.6) is 5.75 Å². The molecule has 1 heterocycles. The van der Waals surface area contributed by atoms with Crippen LogP contribution in [0.4, 0.5) is 22.0 Å². The van der Waals surface area contributed by atoms with E-state index in [0.717, 1.165) is 0 Å². The second kappa shape index (κ2) is 5.43. The summed E-state index contributed by atoms with van der Waals surface area (Å²) in [6, 6.07) is 5.55. The first kappa shape index (κ1) is 17.1. The van der Waals surface area contributed by atoms with Crippen LogP contribution in [-0.2, 0) is 5.92 Å². The van der Waals surface area contributed by atoms with Crippen molar-refractivity contribution in [1.82, 2.24) is 20.2 Å². The maximum atomic E-state index is 13.5. The number of hydrogen-bond acceptors (Lipinski definition) is 4. The van der Waals surface area contributed by atoms with Crippen molar-refractivity contribution < 1.29 is 26.7 Å². The van der Waals surface area contributed by atoms with Crippen molar-refractivity contribution >= 4 is 0 Å². The molecule has 2 aromatic rings. The standard InChI is InChI=1S/C13H13F5N4O/c1-11(2,3)23-9-6-4-5-8(7-9)22-10(19-20-21-22)12(14,15)13(16,17)18/h4-7H,1-3H3. The predicted molar refractivity (Wildman–Crippen MR) is 69.5 cm³/mol. The van der Waals surface area contributed by atoms with Crippen molar-refractivity contribution in [3.8, 4) is 11.4 Å². The molecule has 2 rings (SSSR count). The molecule has 0 spiro atoms. The smallest absolute Gasteiger partial charge is 0.461 e. The quantitative estimate of drug-likeness (QED) is 0.805. The molecule has 0 amide bonds. The summed E-state index contributed by atoms with van der Waals surface area (Å²) in [5.41, 5.74) is -0.645. The van der Waals surface area contributed by atoms with E-state index in [1.165, 1.54) is 18.2 Å². The van der Waals surface area contributed by atoms with Gasteiger partial charge in [-0.25, -0.2) is 0 Å². The van der Waals surface area contributed by atoms with E-state index >= 15 is 0 Å². The molecule has 10 heteroatoms. The van der Waals surface area contributed by atoms with Crippen molar-refractivity contribution in [1.29, 1.82) is 0 Å². The molecule has 0 aliphatic heterocycles. The van der Waals surface area contributed by atoms with Crippen LogP contribution >= 0.6 is 0 Å². The highest BCUT2D eigenvalue weighted by Crippen LogP contribution is 2.43. The van der Waals surface area contributed by atoms with Gasteiger partial charge in [0.1, 0.15) is 11.4 Å². The first-order chi connectivity index (χ1) is 10.4. The normalized spacial score (nSPS) is 13.2. The molecule has 0 radical (unpaired) electrons. The lowest BCUT2D eigenvalue weighted by Gasteiger charge is -2.22. The van der Waals surface area contributed by atoms with Crippen LogP contribution < -0.4 is 4.74 Å². The second-order valence-corrected chi connectivity index (χ2v) is 5.70. The van der Waals surface area contributed by atoms with Crippen LogP contribution in [0.15, 0.2) is 24.3 Å². The summed E-state index contributed by atoms with van der Waals surface area (Å²) in [7, 11) is 0. The average Bonchev–Trinajstić information content (AvgIpc) is 2.85. The monoisotopic (exact) mass is 336 g/mol. The van der Waals surface area contributed by atoms with E-state index in [4.69, 9.17) is 4.74 Å². The molecule has 126 valence electrons. The van der Waals surface area contributed by atoms with E-state index in [2.05, 4.69) is 15.5 Å². The molecule has 0 saturated carbocycles. The Morgan fingerprint density at radius 3 is 2.26 bits per heavy atom. The van der Waals surface area contributed by atoms with E-state index < -0.39 is 23.5 Å². The summed E-state index contributed by atoms with van der Waals surface area (Å²) < 4.78 is 70.4. The minimum Gasteiger partial charge on any atom is -0.488 e. The summed E-state index contributed by atoms with van der Waals surface area (Å²) in [6.07, 6.45) is -5.81. The highest BCUT2D eigenvalue weighted by atomic mass is 19.4. The molecule has 1 aromatic carbocycles. The number of rotatable bonds is 3. The van der Waals surface area contributed by atoms with Gasteiger partial charge >= 0.3 is 12.1 Å². The second-order valence-electron chi connectivity index (χ2n) is 5.70. The molecule has 0 N–H and O–H groups in total. The zero-order valence-corrected chi connectivity index (χ0v) is 12.4. The van der Waals surface area contributed by atoms with E-state index in [0.29, 0.717) is 4.68 Å². The maximum Gasteiger partial charge on any atom is 0.461 e. The zero-order chi connectivity index (χ0) is 17.5. The first-order valence-corrected chi connectivity index (χ1v) is 6.45. The fourth-order valence-corrected chi connectivity index (χ4v) is 1.72. The van der Waals surface area contributed by atoms with Gasteiger partial charge in [-0.05, 0) is 43.3 Å². The van der Waals surface area contributed by atoms with Gasteiger partial charge in [-0.15, -0.1) is 5.10 Å². The third-order valence-corrected chi connectivity index (χ3v) is 2.59. The number of tetrazole rings is 1. The Morgan fingerprint density at radius 2 is 1.70 bits per heavy atom. The van der Waals surface area contributed by atoms with E-state index in [1.807, 2.05) is 0 Å². The van der Waals surface area contributed by atoms with Gasteiger partial charge in [0.15, 0.2) is 0 Å². The summed E-state index contributed by atoms with van der Waals surface area (Å²) in [5, 5.41) is 8.97. The zero-order valence-electron chi connectivity index (χ0n) is 12.4. The fourth-order valence-electron chi connectivity index (χ4n) is 1.72. The summed E-state index contributed by atoms with van der Waals surface area (Å²) >= 11 is 0. The average molecular weight is 336 g/mol. The lowest BCUT2D eigenvalue weighted by atomic mass is 10.2. The molecule has 1 aromatic heterocycles. The molecule has 0 aliphatic carbocycles. The minimum absolute atomic E-state index is 0.0734. The van der Waals surface area contributed by atoms with Crippen LogP contribution in [0, 0.1) is 0 Å². The highest BCUT2D eigenvalue weighted by molar-refractivity contribution is 5.39. The Morgan fingerprint density at radius 1 is 1.04 bits per heavy atom. The Balaban J connectivity index is 2.46. The van der Waals surface area contributed by atoms with Gasteiger partial charge in [-0.2, -0.15) is 26.6 Å². The molecule has 0 atom stereocenters. The first-order valence-electron chi connectivity index (χ1n) is 6.45. The minimum atomic E-state index is -5.81. The van der Waals surface area contributed by atoms with Crippen LogP contribution in [0.2, 0.25) is 0 Å². The van der Waals surface area contributed by atoms with E-state index in [1.54, 1.807) is 26.8 Å². The highest BCUT2D eigenvalue weighted by Gasteiger charge is 2.62. The molecule has 0 aliphatic rings. The lowest BCUT2D eigenvalue weighted by Crippen LogP contribution is -2.36. The summed E-state index contributed by atoms with van der Waals surface area (Å²) in [5.74, 6) is -6.51. The number of hydrogen-bond donors (Lipinski definition) is 0. The van der Waals surface area contributed by atoms with Crippen molar-refractivity contribution in [2.75, 3.05) is 0 Å². The molecule has 5 nitrogen and oxygen atoms in total.